The molecule has 0 saturated carbocycles. The Kier molecular flexibility index (Phi) is 10.0. The molecule has 0 radical (unpaired) electrons. The van der Waals surface area contributed by atoms with Gasteiger partial charge in [0.25, 0.3) is 0 Å². The summed E-state index contributed by atoms with van der Waals surface area (Å²) >= 11 is 0. The van der Waals surface area contributed by atoms with Crippen molar-refractivity contribution in [2.24, 2.45) is 0 Å². The molecule has 5 heterocycles. The van der Waals surface area contributed by atoms with Crippen molar-refractivity contribution in [3.05, 3.63) is 69.3 Å². The van der Waals surface area contributed by atoms with Crippen LogP contribution in [-0.4, -0.2) is 9.97 Å². The largest absolute Gasteiger partial charge is 2.00 e. The van der Waals surface area contributed by atoms with Crippen LogP contribution < -0.4 is 9.97 Å². The number of fused-ring (bicyclic) bond motifs is 8. The fraction of sp³-hybridized carbons (Fsp3) is 0.500. The van der Waals surface area contributed by atoms with Crippen molar-refractivity contribution in [3.63, 3.8) is 0 Å². The van der Waals surface area contributed by atoms with Gasteiger partial charge in [0.05, 0.1) is 11.4 Å². The van der Waals surface area contributed by atoms with Crippen molar-refractivity contribution in [1.29, 1.82) is 0 Å². The van der Waals surface area contributed by atoms with E-state index in [4.69, 9.17) is 19.9 Å². The third-order valence-corrected chi connectivity index (χ3v) is 9.29. The maximum absolute atomic E-state index is 5.33. The van der Waals surface area contributed by atoms with Crippen molar-refractivity contribution in [3.8, 4) is 0 Å². The van der Waals surface area contributed by atoms with Gasteiger partial charge < -0.3 is 9.97 Å². The molecule has 41 heavy (non-hydrogen) atoms. The number of hydrogen-bond acceptors (Lipinski definition) is 2. The van der Waals surface area contributed by atoms with Gasteiger partial charge in [0.1, 0.15) is 0 Å². The van der Waals surface area contributed by atoms with Crippen LogP contribution >= 0.6 is 0 Å². The van der Waals surface area contributed by atoms with Crippen molar-refractivity contribution in [2.45, 2.75) is 119 Å². The van der Waals surface area contributed by atoms with Crippen LogP contribution in [-0.2, 0) is 42.2 Å². The van der Waals surface area contributed by atoms with Crippen LogP contribution in [0.25, 0.3) is 33.2 Å². The predicted molar refractivity (Wildman–Crippen MR) is 170 cm³/mol. The standard InChI is InChI=1S/C36H46N4.Ni/c1-9-21-22(10-2)30-18-32-25(13-5)26(14-6)34(39-32)20-36-28(16-8)27(15-7)35(40-36)19-33-24(12-4)23(11-3)31(38-33)17-29(21)37-30;/h17-22H,9-16H2,1-8H3;/q-2;+2. The number of aromatic nitrogens is 4. The first-order valence-electron chi connectivity index (χ1n) is 15.9. The quantitative estimate of drug-likeness (QED) is 0.244. The molecule has 2 atom stereocenters. The van der Waals surface area contributed by atoms with Gasteiger partial charge in [-0.1, -0.05) is 102 Å². The number of nitrogens with zero attached hydrogens (tertiary/aromatic N) is 4. The van der Waals surface area contributed by atoms with Crippen molar-refractivity contribution < 1.29 is 16.5 Å². The third kappa shape index (κ3) is 5.36. The molecule has 0 aliphatic carbocycles. The molecule has 0 spiro atoms. The van der Waals surface area contributed by atoms with E-state index in [1.807, 2.05) is 0 Å². The predicted octanol–water partition coefficient (Wildman–Crippen LogP) is 9.24. The monoisotopic (exact) mass is 592 g/mol. The second kappa shape index (κ2) is 13.1. The minimum Gasteiger partial charge on any atom is -0.657 e. The molecule has 4 nitrogen and oxygen atoms in total. The Morgan fingerprint density at radius 2 is 0.829 bits per heavy atom. The van der Waals surface area contributed by atoms with Crippen molar-refractivity contribution >= 4 is 33.2 Å². The molecule has 3 aromatic heterocycles. The molecule has 0 saturated heterocycles. The summed E-state index contributed by atoms with van der Waals surface area (Å²) in [6.45, 7) is 18.1. The molecule has 8 bridgehead atoms. The zero-order valence-corrected chi connectivity index (χ0v) is 27.2. The molecule has 220 valence electrons. The van der Waals surface area contributed by atoms with E-state index in [0.717, 1.165) is 84.8 Å². The first-order chi connectivity index (χ1) is 19.5. The van der Waals surface area contributed by atoms with Crippen molar-refractivity contribution in [2.75, 3.05) is 0 Å². The maximum Gasteiger partial charge on any atom is 2.00 e. The smallest absolute Gasteiger partial charge is 0.657 e. The Labute approximate surface area is 256 Å². The molecule has 0 N–H and O–H groups in total. The van der Waals surface area contributed by atoms with E-state index >= 15 is 0 Å². The number of rotatable bonds is 8. The fourth-order valence-electron chi connectivity index (χ4n) is 7.34. The second-order valence-electron chi connectivity index (χ2n) is 11.2. The van der Waals surface area contributed by atoms with E-state index in [1.54, 1.807) is 0 Å². The van der Waals surface area contributed by atoms with Gasteiger partial charge in [-0.3, -0.25) is 4.98 Å². The first-order valence-corrected chi connectivity index (χ1v) is 15.9. The Hall–Kier alpha value is -2.65. The van der Waals surface area contributed by atoms with Gasteiger partial charge in [-0.2, -0.15) is 0 Å². The minimum atomic E-state index is 0. The molecule has 3 aromatic rings. The molecule has 0 aromatic carbocycles. The van der Waals surface area contributed by atoms with Crippen LogP contribution in [0.3, 0.4) is 0 Å². The third-order valence-electron chi connectivity index (χ3n) is 9.29. The SMILES string of the molecule is CCC1=C(CC)c2cc3[n-]c(cc4nc(cc5[n-]c(cc1n2)c(CC)c5CC)C(CC)C4CC)c(CC)c3CC.[Ni+2]. The number of aryl methyl sites for hydroxylation is 4. The van der Waals surface area contributed by atoms with Crippen LogP contribution in [0.5, 0.6) is 0 Å². The van der Waals surface area contributed by atoms with E-state index in [-0.39, 0.29) is 16.5 Å². The van der Waals surface area contributed by atoms with Gasteiger partial charge in [0.15, 0.2) is 0 Å². The van der Waals surface area contributed by atoms with Gasteiger partial charge in [0, 0.05) is 23.2 Å². The summed E-state index contributed by atoms with van der Waals surface area (Å²) in [6.07, 6.45) is 7.91. The number of allylic oxidation sites excluding steroid dienone is 2. The van der Waals surface area contributed by atoms with Gasteiger partial charge in [-0.25, -0.2) is 4.98 Å². The summed E-state index contributed by atoms with van der Waals surface area (Å²) in [7, 11) is 0. The minimum absolute atomic E-state index is 0. The average Bonchev–Trinajstić information content (AvgIpc) is 3.67. The normalized spacial score (nSPS) is 16.8. The molecule has 2 unspecified atom stereocenters. The Morgan fingerprint density at radius 3 is 1.12 bits per heavy atom. The zero-order chi connectivity index (χ0) is 28.6. The molecule has 5 rings (SSSR count). The average molecular weight is 593 g/mol. The number of hydrogen-bond donors (Lipinski definition) is 0. The van der Waals surface area contributed by atoms with E-state index in [2.05, 4.69) is 79.7 Å². The van der Waals surface area contributed by atoms with Gasteiger partial charge in [-0.15, -0.1) is 22.1 Å². The van der Waals surface area contributed by atoms with Crippen LogP contribution in [0, 0.1) is 0 Å². The fourth-order valence-corrected chi connectivity index (χ4v) is 7.34. The van der Waals surface area contributed by atoms with E-state index < -0.39 is 0 Å². The van der Waals surface area contributed by atoms with Crippen molar-refractivity contribution in [1.82, 2.24) is 19.9 Å². The molecule has 5 heteroatoms. The van der Waals surface area contributed by atoms with E-state index in [9.17, 15) is 0 Å². The topological polar surface area (TPSA) is 54.0 Å². The van der Waals surface area contributed by atoms with Gasteiger partial charge in [0.2, 0.25) is 0 Å². The second-order valence-corrected chi connectivity index (χ2v) is 11.2. The van der Waals surface area contributed by atoms with Crippen LogP contribution in [0.1, 0.15) is 138 Å². The summed E-state index contributed by atoms with van der Waals surface area (Å²) in [4.78, 5) is 21.1. The molecule has 0 fully saturated rings. The Balaban J connectivity index is 0.00000387. The van der Waals surface area contributed by atoms with Crippen LogP contribution in [0.4, 0.5) is 0 Å². The molecule has 2 aliphatic heterocycles. The maximum atomic E-state index is 5.33. The zero-order valence-electron chi connectivity index (χ0n) is 26.2. The Morgan fingerprint density at radius 1 is 0.488 bits per heavy atom. The summed E-state index contributed by atoms with van der Waals surface area (Å²) in [5.41, 5.74) is 16.9. The summed E-state index contributed by atoms with van der Waals surface area (Å²) in [5, 5.41) is 0. The molecular weight excluding hydrogens is 547 g/mol. The molecule has 2 aliphatic rings. The van der Waals surface area contributed by atoms with Gasteiger partial charge in [-0.05, 0) is 62.5 Å². The molecular formula is C36H46N4Ni. The summed E-state index contributed by atoms with van der Waals surface area (Å²) < 4.78 is 0. The van der Waals surface area contributed by atoms with Crippen LogP contribution in [0.15, 0.2) is 24.3 Å². The van der Waals surface area contributed by atoms with Gasteiger partial charge >= 0.3 is 16.5 Å². The summed E-state index contributed by atoms with van der Waals surface area (Å²) in [5.74, 6) is 0.806. The summed E-state index contributed by atoms with van der Waals surface area (Å²) in [6, 6.07) is 9.12. The molecule has 0 amide bonds. The van der Waals surface area contributed by atoms with E-state index in [0.29, 0.717) is 11.8 Å². The Bertz CT molecular complexity index is 1490. The van der Waals surface area contributed by atoms with E-state index in [1.165, 1.54) is 44.8 Å². The van der Waals surface area contributed by atoms with Crippen LogP contribution in [0.2, 0.25) is 0 Å². The first kappa shape index (κ1) is 31.3.